The molecule has 2 aliphatic rings. The summed E-state index contributed by atoms with van der Waals surface area (Å²) in [6, 6.07) is 0.0108. The fraction of sp³-hybridized carbons (Fsp3) is 0.867. The van der Waals surface area contributed by atoms with E-state index in [1.54, 1.807) is 0 Å². The highest BCUT2D eigenvalue weighted by Gasteiger charge is 2.29. The summed E-state index contributed by atoms with van der Waals surface area (Å²) in [7, 11) is 0. The van der Waals surface area contributed by atoms with Crippen LogP contribution in [-0.4, -0.2) is 54.5 Å². The van der Waals surface area contributed by atoms with Gasteiger partial charge in [-0.1, -0.05) is 26.2 Å². The van der Waals surface area contributed by atoms with E-state index >= 15 is 0 Å². The molecule has 1 saturated carbocycles. The average molecular weight is 281 g/mol. The Balaban J connectivity index is 1.75. The number of rotatable bonds is 3. The van der Waals surface area contributed by atoms with E-state index in [9.17, 15) is 9.59 Å². The van der Waals surface area contributed by atoms with Gasteiger partial charge in [-0.2, -0.15) is 0 Å². The number of hydrogen-bond acceptors (Lipinski definition) is 2. The Morgan fingerprint density at radius 2 is 1.60 bits per heavy atom. The highest BCUT2D eigenvalue weighted by atomic mass is 16.2. The van der Waals surface area contributed by atoms with Gasteiger partial charge in [0.2, 0.25) is 5.91 Å². The summed E-state index contributed by atoms with van der Waals surface area (Å²) in [6.07, 6.45) is 6.71. The number of amides is 3. The molecule has 0 aromatic rings. The zero-order chi connectivity index (χ0) is 14.4. The summed E-state index contributed by atoms with van der Waals surface area (Å²) in [4.78, 5) is 28.0. The van der Waals surface area contributed by atoms with E-state index in [0.717, 1.165) is 25.8 Å². The molecule has 5 heteroatoms. The normalized spacial score (nSPS) is 20.9. The third-order valence-electron chi connectivity index (χ3n) is 4.36. The first-order chi connectivity index (χ1) is 9.72. The molecule has 0 atom stereocenters. The van der Waals surface area contributed by atoms with Crippen molar-refractivity contribution in [3.63, 3.8) is 0 Å². The maximum absolute atomic E-state index is 12.4. The van der Waals surface area contributed by atoms with Crippen molar-refractivity contribution in [3.05, 3.63) is 0 Å². The van der Waals surface area contributed by atoms with Crippen LogP contribution in [0.15, 0.2) is 0 Å². The van der Waals surface area contributed by atoms with E-state index in [1.165, 1.54) is 19.3 Å². The van der Waals surface area contributed by atoms with Crippen LogP contribution in [0, 0.1) is 5.92 Å². The second-order valence-corrected chi connectivity index (χ2v) is 5.88. The van der Waals surface area contributed by atoms with Crippen molar-refractivity contribution < 1.29 is 9.59 Å². The third kappa shape index (κ3) is 3.87. The summed E-state index contributed by atoms with van der Waals surface area (Å²) in [5.74, 6) is 0.558. The van der Waals surface area contributed by atoms with Crippen molar-refractivity contribution >= 4 is 11.9 Å². The number of hydrogen-bond donors (Lipinski definition) is 1. The summed E-state index contributed by atoms with van der Waals surface area (Å²) in [5, 5.41) is 2.89. The van der Waals surface area contributed by atoms with Crippen LogP contribution in [0.4, 0.5) is 4.79 Å². The highest BCUT2D eigenvalue weighted by Crippen LogP contribution is 2.25. The summed E-state index contributed by atoms with van der Waals surface area (Å²) < 4.78 is 0. The molecule has 1 aliphatic heterocycles. The molecule has 2 rings (SSSR count). The van der Waals surface area contributed by atoms with Gasteiger partial charge in [0, 0.05) is 38.6 Å². The van der Waals surface area contributed by atoms with Crippen molar-refractivity contribution in [1.82, 2.24) is 15.1 Å². The van der Waals surface area contributed by atoms with Crippen LogP contribution in [-0.2, 0) is 4.79 Å². The van der Waals surface area contributed by atoms with Crippen molar-refractivity contribution in [2.45, 2.75) is 45.4 Å². The van der Waals surface area contributed by atoms with Gasteiger partial charge in [0.1, 0.15) is 0 Å². The zero-order valence-corrected chi connectivity index (χ0v) is 12.6. The SMILES string of the molecule is CCCNC(=O)N1CCN(C(=O)C2CCCCC2)CC1. The topological polar surface area (TPSA) is 52.7 Å². The van der Waals surface area contributed by atoms with Gasteiger partial charge in [-0.15, -0.1) is 0 Å². The molecule has 1 saturated heterocycles. The van der Waals surface area contributed by atoms with Crippen LogP contribution in [0.1, 0.15) is 45.4 Å². The molecule has 0 spiro atoms. The van der Waals surface area contributed by atoms with E-state index in [4.69, 9.17) is 0 Å². The fourth-order valence-electron chi connectivity index (χ4n) is 3.08. The molecule has 5 nitrogen and oxygen atoms in total. The predicted molar refractivity (Wildman–Crippen MR) is 78.4 cm³/mol. The molecule has 0 bridgehead atoms. The standard InChI is InChI=1S/C15H27N3O2/c1-2-8-16-15(20)18-11-9-17(10-12-18)14(19)13-6-4-3-5-7-13/h13H,2-12H2,1H3,(H,16,20). The fourth-order valence-corrected chi connectivity index (χ4v) is 3.08. The van der Waals surface area contributed by atoms with E-state index < -0.39 is 0 Å². The van der Waals surface area contributed by atoms with Gasteiger partial charge in [-0.05, 0) is 19.3 Å². The van der Waals surface area contributed by atoms with Gasteiger partial charge in [-0.25, -0.2) is 4.79 Å². The second-order valence-electron chi connectivity index (χ2n) is 5.88. The first kappa shape index (κ1) is 15.1. The van der Waals surface area contributed by atoms with Crippen LogP contribution in [0.25, 0.3) is 0 Å². The lowest BCUT2D eigenvalue weighted by Gasteiger charge is -2.37. The first-order valence-electron chi connectivity index (χ1n) is 8.04. The minimum atomic E-state index is 0.0108. The lowest BCUT2D eigenvalue weighted by molar-refractivity contribution is -0.138. The molecule has 0 unspecified atom stereocenters. The van der Waals surface area contributed by atoms with Crippen molar-refractivity contribution in [2.75, 3.05) is 32.7 Å². The Bertz CT molecular complexity index is 332. The number of nitrogens with one attached hydrogen (secondary N) is 1. The quantitative estimate of drug-likeness (QED) is 0.858. The molecule has 1 heterocycles. The number of urea groups is 1. The number of carbonyl (C=O) groups is 2. The van der Waals surface area contributed by atoms with Crippen molar-refractivity contribution in [2.24, 2.45) is 5.92 Å². The largest absolute Gasteiger partial charge is 0.339 e. The molecule has 3 amide bonds. The van der Waals surface area contributed by atoms with Crippen molar-refractivity contribution in [1.29, 1.82) is 0 Å². The Hall–Kier alpha value is -1.26. The Kier molecular flexibility index (Phi) is 5.68. The van der Waals surface area contributed by atoms with Crippen LogP contribution in [0.5, 0.6) is 0 Å². The van der Waals surface area contributed by atoms with E-state index in [2.05, 4.69) is 5.32 Å². The summed E-state index contributed by atoms with van der Waals surface area (Å²) in [5.41, 5.74) is 0. The molecule has 1 aliphatic carbocycles. The molecule has 0 aromatic carbocycles. The highest BCUT2D eigenvalue weighted by molar-refractivity contribution is 5.79. The van der Waals surface area contributed by atoms with Gasteiger partial charge in [-0.3, -0.25) is 4.79 Å². The molecule has 0 radical (unpaired) electrons. The molecule has 20 heavy (non-hydrogen) atoms. The van der Waals surface area contributed by atoms with E-state index in [0.29, 0.717) is 32.1 Å². The lowest BCUT2D eigenvalue weighted by Crippen LogP contribution is -2.54. The molecular weight excluding hydrogens is 254 g/mol. The second kappa shape index (κ2) is 7.50. The maximum atomic E-state index is 12.4. The van der Waals surface area contributed by atoms with E-state index in [-0.39, 0.29) is 11.9 Å². The summed E-state index contributed by atoms with van der Waals surface area (Å²) >= 11 is 0. The van der Waals surface area contributed by atoms with Crippen LogP contribution in [0.2, 0.25) is 0 Å². The molecule has 1 N–H and O–H groups in total. The third-order valence-corrected chi connectivity index (χ3v) is 4.36. The van der Waals surface area contributed by atoms with Gasteiger partial charge >= 0.3 is 6.03 Å². The Morgan fingerprint density at radius 3 is 2.20 bits per heavy atom. The van der Waals surface area contributed by atoms with Gasteiger partial charge in [0.25, 0.3) is 0 Å². The molecule has 0 aromatic heterocycles. The predicted octanol–water partition coefficient (Wildman–Crippen LogP) is 1.83. The molecule has 2 fully saturated rings. The smallest absolute Gasteiger partial charge is 0.317 e. The zero-order valence-electron chi connectivity index (χ0n) is 12.6. The van der Waals surface area contributed by atoms with Crippen LogP contribution >= 0.6 is 0 Å². The number of nitrogens with zero attached hydrogens (tertiary/aromatic N) is 2. The Morgan fingerprint density at radius 1 is 1.00 bits per heavy atom. The summed E-state index contributed by atoms with van der Waals surface area (Å²) in [6.45, 7) is 5.47. The monoisotopic (exact) mass is 281 g/mol. The van der Waals surface area contributed by atoms with Gasteiger partial charge in [0.15, 0.2) is 0 Å². The molecule has 114 valence electrons. The van der Waals surface area contributed by atoms with Gasteiger partial charge < -0.3 is 15.1 Å². The minimum Gasteiger partial charge on any atom is -0.339 e. The average Bonchev–Trinajstić information content (AvgIpc) is 2.53. The molecular formula is C15H27N3O2. The number of carbonyl (C=O) groups excluding carboxylic acids is 2. The van der Waals surface area contributed by atoms with Crippen LogP contribution < -0.4 is 5.32 Å². The van der Waals surface area contributed by atoms with Gasteiger partial charge in [0.05, 0.1) is 0 Å². The van der Waals surface area contributed by atoms with E-state index in [1.807, 2.05) is 16.7 Å². The first-order valence-corrected chi connectivity index (χ1v) is 8.04. The number of piperazine rings is 1. The lowest BCUT2D eigenvalue weighted by atomic mass is 9.88. The van der Waals surface area contributed by atoms with Crippen molar-refractivity contribution in [3.8, 4) is 0 Å². The van der Waals surface area contributed by atoms with Crippen LogP contribution in [0.3, 0.4) is 0 Å². The minimum absolute atomic E-state index is 0.0108. The maximum Gasteiger partial charge on any atom is 0.317 e. The Labute approximate surface area is 121 Å².